The van der Waals surface area contributed by atoms with Gasteiger partial charge in [0.1, 0.15) is 0 Å². The first-order valence-electron chi connectivity index (χ1n) is 5.81. The minimum Gasteiger partial charge on any atom is -0.490 e. The summed E-state index contributed by atoms with van der Waals surface area (Å²) in [5.74, 6) is 0.203. The average Bonchev–Trinajstić information content (AvgIpc) is 2.41. The van der Waals surface area contributed by atoms with Crippen molar-refractivity contribution in [3.8, 4) is 22.8 Å². The fourth-order valence-electron chi connectivity index (χ4n) is 1.60. The number of alkyl halides is 2. The van der Waals surface area contributed by atoms with E-state index >= 15 is 0 Å². The van der Waals surface area contributed by atoms with Crippen molar-refractivity contribution in [2.45, 2.75) is 13.5 Å². The molecule has 1 aromatic heterocycles. The predicted molar refractivity (Wildman–Crippen MR) is 70.3 cm³/mol. The van der Waals surface area contributed by atoms with Gasteiger partial charge in [0.15, 0.2) is 16.7 Å². The van der Waals surface area contributed by atoms with Crippen molar-refractivity contribution >= 4 is 11.6 Å². The SMILES string of the molecule is CCOc1cc(-c2ccc(Cl)nn2)ccc1OC(F)F. The van der Waals surface area contributed by atoms with Gasteiger partial charge in [-0.2, -0.15) is 8.78 Å². The van der Waals surface area contributed by atoms with E-state index < -0.39 is 6.61 Å². The summed E-state index contributed by atoms with van der Waals surface area (Å²) in [6.07, 6.45) is 0. The Balaban J connectivity index is 2.36. The molecule has 0 saturated carbocycles. The van der Waals surface area contributed by atoms with Gasteiger partial charge in [-0.3, -0.25) is 0 Å². The molecular weight excluding hydrogens is 290 g/mol. The lowest BCUT2D eigenvalue weighted by molar-refractivity contribution is -0.0514. The molecule has 1 heterocycles. The molecular formula is C13H11ClF2N2O2. The molecule has 1 aromatic carbocycles. The van der Waals surface area contributed by atoms with Gasteiger partial charge >= 0.3 is 6.61 Å². The van der Waals surface area contributed by atoms with E-state index in [1.54, 1.807) is 31.2 Å². The molecule has 0 atom stereocenters. The van der Waals surface area contributed by atoms with E-state index in [2.05, 4.69) is 14.9 Å². The quantitative estimate of drug-likeness (QED) is 0.842. The number of halogens is 3. The van der Waals surface area contributed by atoms with Crippen LogP contribution in [0.2, 0.25) is 5.15 Å². The number of hydrogen-bond donors (Lipinski definition) is 0. The summed E-state index contributed by atoms with van der Waals surface area (Å²) in [5.41, 5.74) is 1.22. The lowest BCUT2D eigenvalue weighted by Gasteiger charge is -2.12. The summed E-state index contributed by atoms with van der Waals surface area (Å²) < 4.78 is 34.3. The summed E-state index contributed by atoms with van der Waals surface area (Å²) in [7, 11) is 0. The molecule has 0 radical (unpaired) electrons. The lowest BCUT2D eigenvalue weighted by atomic mass is 10.1. The van der Waals surface area contributed by atoms with Crippen LogP contribution in [-0.2, 0) is 0 Å². The summed E-state index contributed by atoms with van der Waals surface area (Å²) in [6, 6.07) is 7.84. The molecule has 0 aliphatic heterocycles. The van der Waals surface area contributed by atoms with E-state index in [1.807, 2.05) is 0 Å². The smallest absolute Gasteiger partial charge is 0.387 e. The van der Waals surface area contributed by atoms with Crippen LogP contribution in [0, 0.1) is 0 Å². The van der Waals surface area contributed by atoms with Gasteiger partial charge in [0.05, 0.1) is 12.3 Å². The van der Waals surface area contributed by atoms with Gasteiger partial charge in [0.2, 0.25) is 0 Å². The molecule has 2 aromatic rings. The second-order valence-electron chi connectivity index (χ2n) is 3.71. The third kappa shape index (κ3) is 3.54. The Labute approximate surface area is 119 Å². The second kappa shape index (κ2) is 6.47. The molecule has 0 spiro atoms. The van der Waals surface area contributed by atoms with Gasteiger partial charge in [-0.05, 0) is 37.3 Å². The monoisotopic (exact) mass is 300 g/mol. The maximum Gasteiger partial charge on any atom is 0.387 e. The van der Waals surface area contributed by atoms with Crippen molar-refractivity contribution in [2.24, 2.45) is 0 Å². The lowest BCUT2D eigenvalue weighted by Crippen LogP contribution is -2.04. The number of hydrogen-bond acceptors (Lipinski definition) is 4. The number of nitrogens with zero attached hydrogens (tertiary/aromatic N) is 2. The first-order valence-corrected chi connectivity index (χ1v) is 6.19. The fraction of sp³-hybridized carbons (Fsp3) is 0.231. The number of rotatable bonds is 5. The van der Waals surface area contributed by atoms with Crippen LogP contribution < -0.4 is 9.47 Å². The van der Waals surface area contributed by atoms with E-state index in [0.29, 0.717) is 17.9 Å². The molecule has 7 heteroatoms. The molecule has 0 amide bonds. The van der Waals surface area contributed by atoms with Gasteiger partial charge in [-0.1, -0.05) is 11.6 Å². The molecule has 0 aliphatic carbocycles. The van der Waals surface area contributed by atoms with E-state index in [4.69, 9.17) is 16.3 Å². The Morgan fingerprint density at radius 2 is 1.95 bits per heavy atom. The highest BCUT2D eigenvalue weighted by molar-refractivity contribution is 6.29. The van der Waals surface area contributed by atoms with Crippen molar-refractivity contribution < 1.29 is 18.3 Å². The number of ether oxygens (including phenoxy) is 2. The third-order valence-corrected chi connectivity index (χ3v) is 2.59. The van der Waals surface area contributed by atoms with Crippen LogP contribution in [0.25, 0.3) is 11.3 Å². The highest BCUT2D eigenvalue weighted by Crippen LogP contribution is 2.33. The van der Waals surface area contributed by atoms with Crippen LogP contribution >= 0.6 is 11.6 Å². The topological polar surface area (TPSA) is 44.2 Å². The zero-order valence-electron chi connectivity index (χ0n) is 10.5. The first kappa shape index (κ1) is 14.5. The van der Waals surface area contributed by atoms with Crippen molar-refractivity contribution in [2.75, 3.05) is 6.61 Å². The van der Waals surface area contributed by atoms with E-state index in [0.717, 1.165) is 0 Å². The largest absolute Gasteiger partial charge is 0.490 e. The summed E-state index contributed by atoms with van der Waals surface area (Å²) in [6.45, 7) is -0.827. The van der Waals surface area contributed by atoms with Gasteiger partial charge in [0, 0.05) is 5.56 Å². The van der Waals surface area contributed by atoms with Crippen molar-refractivity contribution in [1.29, 1.82) is 0 Å². The predicted octanol–water partition coefficient (Wildman–Crippen LogP) is 3.80. The zero-order valence-corrected chi connectivity index (χ0v) is 11.3. The first-order chi connectivity index (χ1) is 9.60. The molecule has 0 unspecified atom stereocenters. The summed E-state index contributed by atoms with van der Waals surface area (Å²) >= 11 is 5.66. The normalized spacial score (nSPS) is 10.7. The van der Waals surface area contributed by atoms with Gasteiger partial charge in [0.25, 0.3) is 0 Å². The standard InChI is InChI=1S/C13H11ClF2N2O2/c1-2-19-11-7-8(3-5-10(11)20-13(15)16)9-4-6-12(14)18-17-9/h3-7,13H,2H2,1H3. The Morgan fingerprint density at radius 3 is 2.55 bits per heavy atom. The van der Waals surface area contributed by atoms with Crippen LogP contribution in [0.15, 0.2) is 30.3 Å². The van der Waals surface area contributed by atoms with Crippen LogP contribution in [0.5, 0.6) is 11.5 Å². The molecule has 2 rings (SSSR count). The van der Waals surface area contributed by atoms with E-state index in [1.165, 1.54) is 6.07 Å². The van der Waals surface area contributed by atoms with Crippen molar-refractivity contribution in [3.05, 3.63) is 35.5 Å². The highest BCUT2D eigenvalue weighted by Gasteiger charge is 2.12. The van der Waals surface area contributed by atoms with Crippen LogP contribution in [-0.4, -0.2) is 23.4 Å². The average molecular weight is 301 g/mol. The van der Waals surface area contributed by atoms with Crippen LogP contribution in [0.3, 0.4) is 0 Å². The minimum absolute atomic E-state index is 0.0208. The molecule has 0 N–H and O–H groups in total. The summed E-state index contributed by atoms with van der Waals surface area (Å²) in [5, 5.41) is 7.91. The molecule has 106 valence electrons. The molecule has 0 saturated heterocycles. The third-order valence-electron chi connectivity index (χ3n) is 2.39. The fourth-order valence-corrected chi connectivity index (χ4v) is 1.70. The maximum absolute atomic E-state index is 12.3. The maximum atomic E-state index is 12.3. The minimum atomic E-state index is -2.91. The zero-order chi connectivity index (χ0) is 14.5. The Kier molecular flexibility index (Phi) is 4.68. The molecule has 0 fully saturated rings. The number of aromatic nitrogens is 2. The van der Waals surface area contributed by atoms with Gasteiger partial charge in [-0.15, -0.1) is 10.2 Å². The summed E-state index contributed by atoms with van der Waals surface area (Å²) in [4.78, 5) is 0. The Hall–Kier alpha value is -1.95. The van der Waals surface area contributed by atoms with Gasteiger partial charge in [-0.25, -0.2) is 0 Å². The Bertz CT molecular complexity index is 579. The molecule has 4 nitrogen and oxygen atoms in total. The van der Waals surface area contributed by atoms with Crippen LogP contribution in [0.1, 0.15) is 6.92 Å². The molecule has 0 aliphatic rings. The van der Waals surface area contributed by atoms with Crippen molar-refractivity contribution in [1.82, 2.24) is 10.2 Å². The second-order valence-corrected chi connectivity index (χ2v) is 4.10. The Morgan fingerprint density at radius 1 is 1.15 bits per heavy atom. The van der Waals surface area contributed by atoms with E-state index in [-0.39, 0.29) is 16.7 Å². The number of benzene rings is 1. The van der Waals surface area contributed by atoms with E-state index in [9.17, 15) is 8.78 Å². The van der Waals surface area contributed by atoms with Gasteiger partial charge < -0.3 is 9.47 Å². The van der Waals surface area contributed by atoms with Crippen molar-refractivity contribution in [3.63, 3.8) is 0 Å². The molecule has 20 heavy (non-hydrogen) atoms. The molecule has 0 bridgehead atoms. The van der Waals surface area contributed by atoms with Crippen LogP contribution in [0.4, 0.5) is 8.78 Å². The highest BCUT2D eigenvalue weighted by atomic mass is 35.5.